The zero-order valence-electron chi connectivity index (χ0n) is 10.3. The second-order valence-corrected chi connectivity index (χ2v) is 4.31. The molecule has 0 radical (unpaired) electrons. The molecule has 0 spiro atoms. The van der Waals surface area contributed by atoms with Gasteiger partial charge < -0.3 is 9.73 Å². The molecule has 1 heterocycles. The average Bonchev–Trinajstić information content (AvgIpc) is 2.64. The van der Waals surface area contributed by atoms with Crippen LogP contribution < -0.4 is 5.32 Å². The quantitative estimate of drug-likeness (QED) is 0.773. The molecule has 0 bridgehead atoms. The van der Waals surface area contributed by atoms with Crippen molar-refractivity contribution in [1.29, 1.82) is 0 Å². The molecule has 2 atom stereocenters. The first-order valence-electron chi connectivity index (χ1n) is 5.97. The monoisotopic (exact) mass is 209 g/mol. The van der Waals surface area contributed by atoms with Crippen LogP contribution in [0.15, 0.2) is 16.5 Å². The van der Waals surface area contributed by atoms with Gasteiger partial charge in [-0.25, -0.2) is 0 Å². The standard InChI is InChI=1S/C13H23NO/c1-5-10(3)9-12(14-6-2)13-8-7-11(4)15-13/h7-8,10,12,14H,5-6,9H2,1-4H3. The Kier molecular flexibility index (Phi) is 4.89. The molecule has 2 unspecified atom stereocenters. The molecule has 0 fully saturated rings. The van der Waals surface area contributed by atoms with Gasteiger partial charge >= 0.3 is 0 Å². The summed E-state index contributed by atoms with van der Waals surface area (Å²) in [4.78, 5) is 0. The zero-order chi connectivity index (χ0) is 11.3. The first-order chi connectivity index (χ1) is 7.17. The largest absolute Gasteiger partial charge is 0.465 e. The van der Waals surface area contributed by atoms with Crippen molar-refractivity contribution < 1.29 is 4.42 Å². The van der Waals surface area contributed by atoms with Crippen molar-refractivity contribution >= 4 is 0 Å². The van der Waals surface area contributed by atoms with Crippen molar-refractivity contribution in [2.75, 3.05) is 6.54 Å². The summed E-state index contributed by atoms with van der Waals surface area (Å²) in [7, 11) is 0. The van der Waals surface area contributed by atoms with Crippen LogP contribution in [0.5, 0.6) is 0 Å². The molecule has 0 aliphatic heterocycles. The van der Waals surface area contributed by atoms with Crippen molar-refractivity contribution in [3.8, 4) is 0 Å². The third kappa shape index (κ3) is 3.71. The van der Waals surface area contributed by atoms with Gasteiger partial charge in [-0.1, -0.05) is 27.2 Å². The van der Waals surface area contributed by atoms with Crippen LogP contribution in [0, 0.1) is 12.8 Å². The van der Waals surface area contributed by atoms with E-state index in [0.29, 0.717) is 6.04 Å². The Labute approximate surface area is 93.1 Å². The van der Waals surface area contributed by atoms with Crippen LogP contribution in [-0.4, -0.2) is 6.54 Å². The molecule has 86 valence electrons. The maximum atomic E-state index is 5.68. The van der Waals surface area contributed by atoms with E-state index in [1.165, 1.54) is 6.42 Å². The normalized spacial score (nSPS) is 15.2. The summed E-state index contributed by atoms with van der Waals surface area (Å²) in [6, 6.07) is 4.50. The van der Waals surface area contributed by atoms with Gasteiger partial charge in [0.25, 0.3) is 0 Å². The predicted octanol–water partition coefficient (Wildman–Crippen LogP) is 3.67. The van der Waals surface area contributed by atoms with Gasteiger partial charge in [-0.3, -0.25) is 0 Å². The summed E-state index contributed by atoms with van der Waals surface area (Å²) >= 11 is 0. The van der Waals surface area contributed by atoms with E-state index < -0.39 is 0 Å². The number of rotatable bonds is 6. The van der Waals surface area contributed by atoms with E-state index in [-0.39, 0.29) is 0 Å². The minimum atomic E-state index is 0.374. The fourth-order valence-corrected chi connectivity index (χ4v) is 1.76. The number of furan rings is 1. The number of hydrogen-bond donors (Lipinski definition) is 1. The maximum absolute atomic E-state index is 5.68. The Morgan fingerprint density at radius 1 is 1.33 bits per heavy atom. The summed E-state index contributed by atoms with van der Waals surface area (Å²) < 4.78 is 5.68. The second kappa shape index (κ2) is 5.96. The lowest BCUT2D eigenvalue weighted by atomic mass is 9.98. The summed E-state index contributed by atoms with van der Waals surface area (Å²) in [5, 5.41) is 3.48. The molecule has 1 aromatic rings. The van der Waals surface area contributed by atoms with Crippen LogP contribution in [0.25, 0.3) is 0 Å². The van der Waals surface area contributed by atoms with E-state index in [1.54, 1.807) is 0 Å². The topological polar surface area (TPSA) is 25.2 Å². The molecule has 1 aromatic heterocycles. The van der Waals surface area contributed by atoms with Gasteiger partial charge in [-0.15, -0.1) is 0 Å². The Hall–Kier alpha value is -0.760. The van der Waals surface area contributed by atoms with Crippen molar-refractivity contribution in [2.45, 2.75) is 46.6 Å². The first-order valence-corrected chi connectivity index (χ1v) is 5.97. The van der Waals surface area contributed by atoms with Crippen molar-refractivity contribution in [3.63, 3.8) is 0 Å². The van der Waals surface area contributed by atoms with Gasteiger partial charge in [0.15, 0.2) is 0 Å². The van der Waals surface area contributed by atoms with Crippen molar-refractivity contribution in [2.24, 2.45) is 5.92 Å². The van der Waals surface area contributed by atoms with Crippen LogP contribution >= 0.6 is 0 Å². The molecule has 15 heavy (non-hydrogen) atoms. The molecule has 2 nitrogen and oxygen atoms in total. The highest BCUT2D eigenvalue weighted by Gasteiger charge is 2.16. The molecule has 0 aliphatic carbocycles. The Morgan fingerprint density at radius 3 is 2.53 bits per heavy atom. The fraction of sp³-hybridized carbons (Fsp3) is 0.692. The summed E-state index contributed by atoms with van der Waals surface area (Å²) in [5.41, 5.74) is 0. The first kappa shape index (κ1) is 12.3. The molecule has 0 aromatic carbocycles. The van der Waals surface area contributed by atoms with E-state index in [4.69, 9.17) is 4.42 Å². The van der Waals surface area contributed by atoms with Crippen LogP contribution in [0.2, 0.25) is 0 Å². The minimum Gasteiger partial charge on any atom is -0.465 e. The SMILES string of the molecule is CCNC(CC(C)CC)c1ccc(C)o1. The highest BCUT2D eigenvalue weighted by atomic mass is 16.3. The molecular formula is C13H23NO. The Morgan fingerprint density at radius 2 is 2.07 bits per heavy atom. The van der Waals surface area contributed by atoms with Crippen LogP contribution in [0.4, 0.5) is 0 Å². The van der Waals surface area contributed by atoms with E-state index in [9.17, 15) is 0 Å². The molecule has 0 saturated carbocycles. The van der Waals surface area contributed by atoms with Gasteiger partial charge in [0.1, 0.15) is 11.5 Å². The van der Waals surface area contributed by atoms with Gasteiger partial charge in [0.05, 0.1) is 6.04 Å². The summed E-state index contributed by atoms with van der Waals surface area (Å²) in [6.07, 6.45) is 2.37. The van der Waals surface area contributed by atoms with E-state index in [1.807, 2.05) is 13.0 Å². The molecule has 0 aliphatic rings. The molecular weight excluding hydrogens is 186 g/mol. The Bertz CT molecular complexity index is 280. The lowest BCUT2D eigenvalue weighted by molar-refractivity contribution is 0.345. The highest BCUT2D eigenvalue weighted by molar-refractivity contribution is 5.09. The van der Waals surface area contributed by atoms with Crippen molar-refractivity contribution in [3.05, 3.63) is 23.7 Å². The molecule has 1 N–H and O–H groups in total. The third-order valence-corrected chi connectivity index (χ3v) is 2.89. The molecule has 2 heteroatoms. The minimum absolute atomic E-state index is 0.374. The number of aryl methyl sites for hydroxylation is 1. The van der Waals surface area contributed by atoms with E-state index >= 15 is 0 Å². The van der Waals surface area contributed by atoms with Crippen LogP contribution in [0.1, 0.15) is 51.2 Å². The molecule has 0 saturated heterocycles. The number of nitrogens with one attached hydrogen (secondary N) is 1. The molecule has 1 rings (SSSR count). The molecule has 0 amide bonds. The lowest BCUT2D eigenvalue weighted by Crippen LogP contribution is -2.22. The summed E-state index contributed by atoms with van der Waals surface area (Å²) in [5.74, 6) is 2.81. The van der Waals surface area contributed by atoms with Crippen LogP contribution in [-0.2, 0) is 0 Å². The average molecular weight is 209 g/mol. The Balaban J connectivity index is 2.65. The highest BCUT2D eigenvalue weighted by Crippen LogP contribution is 2.24. The van der Waals surface area contributed by atoms with E-state index in [0.717, 1.165) is 30.4 Å². The second-order valence-electron chi connectivity index (χ2n) is 4.31. The zero-order valence-corrected chi connectivity index (χ0v) is 10.3. The van der Waals surface area contributed by atoms with Crippen molar-refractivity contribution in [1.82, 2.24) is 5.32 Å². The van der Waals surface area contributed by atoms with Gasteiger partial charge in [-0.05, 0) is 37.9 Å². The maximum Gasteiger partial charge on any atom is 0.121 e. The lowest BCUT2D eigenvalue weighted by Gasteiger charge is -2.19. The van der Waals surface area contributed by atoms with E-state index in [2.05, 4.69) is 32.2 Å². The number of hydrogen-bond acceptors (Lipinski definition) is 2. The van der Waals surface area contributed by atoms with Gasteiger partial charge in [0, 0.05) is 0 Å². The fourth-order valence-electron chi connectivity index (χ4n) is 1.76. The van der Waals surface area contributed by atoms with Gasteiger partial charge in [0.2, 0.25) is 0 Å². The third-order valence-electron chi connectivity index (χ3n) is 2.89. The smallest absolute Gasteiger partial charge is 0.121 e. The van der Waals surface area contributed by atoms with Gasteiger partial charge in [-0.2, -0.15) is 0 Å². The predicted molar refractivity (Wildman–Crippen MR) is 63.9 cm³/mol. The summed E-state index contributed by atoms with van der Waals surface area (Å²) in [6.45, 7) is 9.65. The van der Waals surface area contributed by atoms with Crippen LogP contribution in [0.3, 0.4) is 0 Å².